The fourth-order valence-corrected chi connectivity index (χ4v) is 2.80. The van der Waals surface area contributed by atoms with Crippen molar-refractivity contribution in [2.45, 2.75) is 13.5 Å². The van der Waals surface area contributed by atoms with Crippen LogP contribution >= 0.6 is 11.3 Å². The van der Waals surface area contributed by atoms with Gasteiger partial charge in [0.05, 0.1) is 29.1 Å². The summed E-state index contributed by atoms with van der Waals surface area (Å²) in [6.07, 6.45) is 1.80. The highest BCUT2D eigenvalue weighted by molar-refractivity contribution is 7.22. The largest absolute Gasteiger partial charge is 0.494 e. The van der Waals surface area contributed by atoms with Gasteiger partial charge in [0.2, 0.25) is 0 Å². The van der Waals surface area contributed by atoms with Crippen molar-refractivity contribution in [1.29, 1.82) is 0 Å². The van der Waals surface area contributed by atoms with E-state index in [1.807, 2.05) is 43.3 Å². The van der Waals surface area contributed by atoms with Crippen molar-refractivity contribution in [2.75, 3.05) is 11.9 Å². The van der Waals surface area contributed by atoms with Crippen molar-refractivity contribution in [3.8, 4) is 5.75 Å². The minimum atomic E-state index is 0.676. The van der Waals surface area contributed by atoms with E-state index in [9.17, 15) is 0 Å². The lowest BCUT2D eigenvalue weighted by Crippen LogP contribution is -2.00. The third-order valence-corrected chi connectivity index (χ3v) is 3.79. The second-order valence-corrected chi connectivity index (χ2v) is 5.29. The van der Waals surface area contributed by atoms with Crippen molar-refractivity contribution in [3.05, 3.63) is 48.3 Å². The van der Waals surface area contributed by atoms with E-state index in [0.29, 0.717) is 13.2 Å². The van der Waals surface area contributed by atoms with Gasteiger partial charge in [-0.05, 0) is 37.3 Å². The first kappa shape index (κ1) is 12.9. The molecule has 0 fully saturated rings. The lowest BCUT2D eigenvalue weighted by molar-refractivity contribution is 0.341. The number of pyridine rings is 1. The van der Waals surface area contributed by atoms with E-state index < -0.39 is 0 Å². The number of thiazole rings is 1. The Labute approximate surface area is 121 Å². The summed E-state index contributed by atoms with van der Waals surface area (Å²) in [5.41, 5.74) is 1.99. The van der Waals surface area contributed by atoms with Gasteiger partial charge in [-0.3, -0.25) is 4.98 Å². The van der Waals surface area contributed by atoms with Crippen LogP contribution in [0, 0.1) is 0 Å². The summed E-state index contributed by atoms with van der Waals surface area (Å²) in [4.78, 5) is 8.83. The van der Waals surface area contributed by atoms with Gasteiger partial charge in [0.15, 0.2) is 5.13 Å². The van der Waals surface area contributed by atoms with Gasteiger partial charge in [0, 0.05) is 6.20 Å². The van der Waals surface area contributed by atoms with E-state index in [0.717, 1.165) is 26.8 Å². The molecule has 0 amide bonds. The Morgan fingerprint density at radius 1 is 1.25 bits per heavy atom. The molecule has 0 radical (unpaired) electrons. The molecule has 3 aromatic rings. The van der Waals surface area contributed by atoms with Gasteiger partial charge in [-0.25, -0.2) is 4.98 Å². The van der Waals surface area contributed by atoms with E-state index in [1.54, 1.807) is 17.5 Å². The first-order chi connectivity index (χ1) is 9.85. The molecule has 4 nitrogen and oxygen atoms in total. The Kier molecular flexibility index (Phi) is 3.78. The Hall–Kier alpha value is -2.14. The minimum absolute atomic E-state index is 0.676. The van der Waals surface area contributed by atoms with Crippen molar-refractivity contribution < 1.29 is 4.74 Å². The second kappa shape index (κ2) is 5.88. The van der Waals surface area contributed by atoms with Gasteiger partial charge < -0.3 is 10.1 Å². The van der Waals surface area contributed by atoms with Crippen LogP contribution < -0.4 is 10.1 Å². The van der Waals surface area contributed by atoms with Crippen LogP contribution in [0.5, 0.6) is 5.75 Å². The highest BCUT2D eigenvalue weighted by Gasteiger charge is 2.05. The van der Waals surface area contributed by atoms with Crippen LogP contribution in [-0.4, -0.2) is 16.6 Å². The number of aromatic nitrogens is 2. The van der Waals surface area contributed by atoms with E-state index in [-0.39, 0.29) is 0 Å². The zero-order chi connectivity index (χ0) is 13.8. The van der Waals surface area contributed by atoms with Crippen molar-refractivity contribution >= 4 is 26.7 Å². The molecule has 3 rings (SSSR count). The number of nitrogens with zero attached hydrogens (tertiary/aromatic N) is 2. The summed E-state index contributed by atoms with van der Waals surface area (Å²) in [5.74, 6) is 0.889. The standard InChI is InChI=1S/C15H15N3OS/c1-2-19-12-6-7-13-14(9-12)20-15(18-13)17-10-11-5-3-4-8-16-11/h3-9H,2,10H2,1H3,(H,17,18). The topological polar surface area (TPSA) is 47.0 Å². The van der Waals surface area contributed by atoms with Crippen LogP contribution in [0.1, 0.15) is 12.6 Å². The molecule has 1 N–H and O–H groups in total. The van der Waals surface area contributed by atoms with Crippen LogP contribution in [0.25, 0.3) is 10.2 Å². The Morgan fingerprint density at radius 2 is 2.20 bits per heavy atom. The van der Waals surface area contributed by atoms with Crippen LogP contribution in [0.2, 0.25) is 0 Å². The molecule has 0 unspecified atom stereocenters. The average Bonchev–Trinajstić information content (AvgIpc) is 2.89. The highest BCUT2D eigenvalue weighted by atomic mass is 32.1. The van der Waals surface area contributed by atoms with Gasteiger partial charge in [-0.15, -0.1) is 0 Å². The van der Waals surface area contributed by atoms with Crippen molar-refractivity contribution in [2.24, 2.45) is 0 Å². The molecule has 0 aliphatic carbocycles. The number of hydrogen-bond donors (Lipinski definition) is 1. The van der Waals surface area contributed by atoms with Gasteiger partial charge in [-0.1, -0.05) is 17.4 Å². The fraction of sp³-hybridized carbons (Fsp3) is 0.200. The first-order valence-electron chi connectivity index (χ1n) is 6.52. The molecule has 5 heteroatoms. The lowest BCUT2D eigenvalue weighted by atomic mass is 10.3. The second-order valence-electron chi connectivity index (χ2n) is 4.26. The molecule has 1 aromatic carbocycles. The molecule has 0 saturated carbocycles. The summed E-state index contributed by atoms with van der Waals surface area (Å²) < 4.78 is 6.63. The molecule has 2 heterocycles. The number of benzene rings is 1. The molecule has 0 spiro atoms. The van der Waals surface area contributed by atoms with Crippen LogP contribution in [0.4, 0.5) is 5.13 Å². The summed E-state index contributed by atoms with van der Waals surface area (Å²) in [6.45, 7) is 3.34. The zero-order valence-corrected chi connectivity index (χ0v) is 12.0. The van der Waals surface area contributed by atoms with E-state index >= 15 is 0 Å². The predicted molar refractivity (Wildman–Crippen MR) is 82.4 cm³/mol. The number of nitrogens with one attached hydrogen (secondary N) is 1. The molecule has 0 atom stereocenters. The summed E-state index contributed by atoms with van der Waals surface area (Å²) in [5, 5.41) is 4.21. The summed E-state index contributed by atoms with van der Waals surface area (Å²) in [6, 6.07) is 11.9. The summed E-state index contributed by atoms with van der Waals surface area (Å²) >= 11 is 1.63. The molecule has 20 heavy (non-hydrogen) atoms. The first-order valence-corrected chi connectivity index (χ1v) is 7.34. The van der Waals surface area contributed by atoms with Crippen LogP contribution in [-0.2, 0) is 6.54 Å². The van der Waals surface area contributed by atoms with Crippen molar-refractivity contribution in [3.63, 3.8) is 0 Å². The van der Waals surface area contributed by atoms with Gasteiger partial charge in [-0.2, -0.15) is 0 Å². The Bertz CT molecular complexity index is 697. The van der Waals surface area contributed by atoms with Gasteiger partial charge in [0.25, 0.3) is 0 Å². The Balaban J connectivity index is 1.75. The minimum Gasteiger partial charge on any atom is -0.494 e. The molecule has 2 aromatic heterocycles. The summed E-state index contributed by atoms with van der Waals surface area (Å²) in [7, 11) is 0. The van der Waals surface area contributed by atoms with E-state index in [4.69, 9.17) is 4.74 Å². The number of rotatable bonds is 5. The van der Waals surface area contributed by atoms with Crippen molar-refractivity contribution in [1.82, 2.24) is 9.97 Å². The van der Waals surface area contributed by atoms with E-state index in [1.165, 1.54) is 0 Å². The maximum Gasteiger partial charge on any atom is 0.184 e. The van der Waals surface area contributed by atoms with E-state index in [2.05, 4.69) is 15.3 Å². The third-order valence-electron chi connectivity index (χ3n) is 2.82. The lowest BCUT2D eigenvalue weighted by Gasteiger charge is -2.00. The molecule has 0 aliphatic heterocycles. The average molecular weight is 285 g/mol. The third kappa shape index (κ3) is 2.88. The van der Waals surface area contributed by atoms with Crippen LogP contribution in [0.15, 0.2) is 42.6 Å². The Morgan fingerprint density at radius 3 is 3.00 bits per heavy atom. The molecular formula is C15H15N3OS. The SMILES string of the molecule is CCOc1ccc2nc(NCc3ccccn3)sc2c1. The maximum atomic E-state index is 5.50. The fourth-order valence-electron chi connectivity index (χ4n) is 1.91. The van der Waals surface area contributed by atoms with Gasteiger partial charge in [0.1, 0.15) is 5.75 Å². The molecule has 102 valence electrons. The number of anilines is 1. The zero-order valence-electron chi connectivity index (χ0n) is 11.2. The number of ether oxygens (including phenoxy) is 1. The normalized spacial score (nSPS) is 10.7. The molecule has 0 aliphatic rings. The molecular weight excluding hydrogens is 270 g/mol. The monoisotopic (exact) mass is 285 g/mol. The highest BCUT2D eigenvalue weighted by Crippen LogP contribution is 2.29. The predicted octanol–water partition coefficient (Wildman–Crippen LogP) is 3.70. The number of hydrogen-bond acceptors (Lipinski definition) is 5. The molecule has 0 saturated heterocycles. The quantitative estimate of drug-likeness (QED) is 0.776. The maximum absolute atomic E-state index is 5.50. The molecule has 0 bridgehead atoms. The number of fused-ring (bicyclic) bond motifs is 1. The van der Waals surface area contributed by atoms with Gasteiger partial charge >= 0.3 is 0 Å². The van der Waals surface area contributed by atoms with Crippen LogP contribution in [0.3, 0.4) is 0 Å². The smallest absolute Gasteiger partial charge is 0.184 e.